The second-order valence-corrected chi connectivity index (χ2v) is 6.72. The minimum atomic E-state index is -0.471. The van der Waals surface area contributed by atoms with Crippen LogP contribution in [0.25, 0.3) is 22.2 Å². The van der Waals surface area contributed by atoms with E-state index in [1.165, 1.54) is 0 Å². The van der Waals surface area contributed by atoms with Crippen molar-refractivity contribution in [3.05, 3.63) is 83.9 Å². The Morgan fingerprint density at radius 2 is 1.80 bits per heavy atom. The summed E-state index contributed by atoms with van der Waals surface area (Å²) in [6.45, 7) is 1.72. The Morgan fingerprint density at radius 1 is 0.967 bits per heavy atom. The molecule has 0 aliphatic rings. The standard InChI is InChI=1S/C23H19N3O4/c1-15-6-5-9-18(12-15)29-14-21(27)24-25-23(28)17-10-11-20-19(13-17)22(30-26-20)16-7-3-2-4-8-16/h2-13H,14H2,1H3,(H,24,27)(H,25,28). The zero-order valence-electron chi connectivity index (χ0n) is 16.2. The molecule has 0 radical (unpaired) electrons. The Morgan fingerprint density at radius 3 is 2.60 bits per heavy atom. The summed E-state index contributed by atoms with van der Waals surface area (Å²) in [5, 5.41) is 4.75. The van der Waals surface area contributed by atoms with Crippen molar-refractivity contribution >= 4 is 22.7 Å². The van der Waals surface area contributed by atoms with E-state index >= 15 is 0 Å². The van der Waals surface area contributed by atoms with E-state index in [1.807, 2.05) is 55.5 Å². The van der Waals surface area contributed by atoms with E-state index in [0.29, 0.717) is 28.0 Å². The van der Waals surface area contributed by atoms with E-state index in [-0.39, 0.29) is 6.61 Å². The fraction of sp³-hybridized carbons (Fsp3) is 0.0870. The highest BCUT2D eigenvalue weighted by atomic mass is 16.5. The van der Waals surface area contributed by atoms with Gasteiger partial charge in [0.05, 0.1) is 5.39 Å². The smallest absolute Gasteiger partial charge is 0.276 e. The molecule has 0 fully saturated rings. The summed E-state index contributed by atoms with van der Waals surface area (Å²) in [4.78, 5) is 24.4. The monoisotopic (exact) mass is 401 g/mol. The Bertz CT molecular complexity index is 1200. The van der Waals surface area contributed by atoms with Gasteiger partial charge in [-0.2, -0.15) is 0 Å². The van der Waals surface area contributed by atoms with Gasteiger partial charge in [-0.05, 0) is 42.8 Å². The summed E-state index contributed by atoms with van der Waals surface area (Å²) in [5.74, 6) is 0.237. The number of hydrazine groups is 1. The van der Waals surface area contributed by atoms with Crippen LogP contribution in [-0.4, -0.2) is 23.6 Å². The molecule has 0 spiro atoms. The van der Waals surface area contributed by atoms with Gasteiger partial charge in [0.2, 0.25) is 0 Å². The van der Waals surface area contributed by atoms with Gasteiger partial charge >= 0.3 is 0 Å². The highest BCUT2D eigenvalue weighted by Gasteiger charge is 2.14. The predicted molar refractivity (Wildman–Crippen MR) is 112 cm³/mol. The van der Waals surface area contributed by atoms with E-state index in [9.17, 15) is 9.59 Å². The number of aryl methyl sites for hydroxylation is 1. The maximum absolute atomic E-state index is 12.5. The van der Waals surface area contributed by atoms with Crippen LogP contribution in [0.2, 0.25) is 0 Å². The molecule has 2 N–H and O–H groups in total. The fourth-order valence-electron chi connectivity index (χ4n) is 2.97. The van der Waals surface area contributed by atoms with Crippen LogP contribution in [0, 0.1) is 6.92 Å². The zero-order chi connectivity index (χ0) is 20.9. The summed E-state index contributed by atoms with van der Waals surface area (Å²) in [7, 11) is 0. The van der Waals surface area contributed by atoms with Crippen molar-refractivity contribution in [1.29, 1.82) is 0 Å². The molecular formula is C23H19N3O4. The molecule has 1 heterocycles. The first-order valence-corrected chi connectivity index (χ1v) is 9.33. The maximum atomic E-state index is 12.5. The number of hydrogen-bond donors (Lipinski definition) is 2. The van der Waals surface area contributed by atoms with Crippen LogP contribution in [-0.2, 0) is 4.79 Å². The third-order valence-corrected chi connectivity index (χ3v) is 4.45. The van der Waals surface area contributed by atoms with Gasteiger partial charge in [0.25, 0.3) is 11.8 Å². The zero-order valence-corrected chi connectivity index (χ0v) is 16.2. The van der Waals surface area contributed by atoms with Crippen molar-refractivity contribution in [2.45, 2.75) is 6.92 Å². The van der Waals surface area contributed by atoms with E-state index in [0.717, 1.165) is 11.1 Å². The third-order valence-electron chi connectivity index (χ3n) is 4.45. The first kappa shape index (κ1) is 19.2. The Balaban J connectivity index is 1.40. The van der Waals surface area contributed by atoms with E-state index < -0.39 is 11.8 Å². The van der Waals surface area contributed by atoms with Gasteiger partial charge in [-0.15, -0.1) is 0 Å². The molecular weight excluding hydrogens is 382 g/mol. The van der Waals surface area contributed by atoms with Gasteiger partial charge < -0.3 is 9.26 Å². The Kier molecular flexibility index (Phi) is 5.43. The van der Waals surface area contributed by atoms with Crippen LogP contribution < -0.4 is 15.6 Å². The lowest BCUT2D eigenvalue weighted by Gasteiger charge is -2.09. The van der Waals surface area contributed by atoms with Gasteiger partial charge in [0, 0.05) is 11.1 Å². The molecule has 2 amide bonds. The summed E-state index contributed by atoms with van der Waals surface area (Å²) in [6.07, 6.45) is 0. The number of rotatable bonds is 5. The number of nitrogens with one attached hydrogen (secondary N) is 2. The molecule has 3 aromatic carbocycles. The number of carbonyl (C=O) groups excluding carboxylic acids is 2. The van der Waals surface area contributed by atoms with E-state index in [1.54, 1.807) is 24.3 Å². The molecule has 0 saturated heterocycles. The minimum absolute atomic E-state index is 0.216. The van der Waals surface area contributed by atoms with Crippen LogP contribution in [0.5, 0.6) is 5.75 Å². The molecule has 4 rings (SSSR count). The van der Waals surface area contributed by atoms with Crippen molar-refractivity contribution in [3.8, 4) is 17.1 Å². The van der Waals surface area contributed by atoms with Gasteiger partial charge in [-0.25, -0.2) is 0 Å². The first-order valence-electron chi connectivity index (χ1n) is 9.33. The summed E-state index contributed by atoms with van der Waals surface area (Å²) in [5.41, 5.74) is 7.64. The molecule has 0 aliphatic carbocycles. The number of amides is 2. The molecule has 150 valence electrons. The normalized spacial score (nSPS) is 10.6. The highest BCUT2D eigenvalue weighted by Crippen LogP contribution is 2.29. The Labute approximate surface area is 172 Å². The SMILES string of the molecule is Cc1cccc(OCC(=O)NNC(=O)c2ccc3noc(-c4ccccc4)c3c2)c1. The van der Waals surface area contributed by atoms with Crippen molar-refractivity contribution in [3.63, 3.8) is 0 Å². The average Bonchev–Trinajstić information content (AvgIpc) is 3.20. The van der Waals surface area contributed by atoms with Gasteiger partial charge in [-0.1, -0.05) is 47.6 Å². The number of ether oxygens (including phenoxy) is 1. The lowest BCUT2D eigenvalue weighted by Crippen LogP contribution is -2.43. The van der Waals surface area contributed by atoms with Crippen molar-refractivity contribution in [1.82, 2.24) is 16.0 Å². The van der Waals surface area contributed by atoms with Crippen LogP contribution in [0.15, 0.2) is 77.3 Å². The van der Waals surface area contributed by atoms with Crippen molar-refractivity contribution < 1.29 is 18.8 Å². The molecule has 0 saturated carbocycles. The molecule has 0 atom stereocenters. The molecule has 7 nitrogen and oxygen atoms in total. The molecule has 0 aliphatic heterocycles. The third kappa shape index (κ3) is 4.30. The number of fused-ring (bicyclic) bond motifs is 1. The summed E-state index contributed by atoms with van der Waals surface area (Å²) < 4.78 is 10.9. The predicted octanol–water partition coefficient (Wildman–Crippen LogP) is 3.64. The molecule has 30 heavy (non-hydrogen) atoms. The van der Waals surface area contributed by atoms with Crippen LogP contribution >= 0.6 is 0 Å². The van der Waals surface area contributed by atoms with Gasteiger partial charge in [-0.3, -0.25) is 20.4 Å². The highest BCUT2D eigenvalue weighted by molar-refractivity contribution is 6.01. The van der Waals surface area contributed by atoms with Crippen molar-refractivity contribution in [2.75, 3.05) is 6.61 Å². The lowest BCUT2D eigenvalue weighted by molar-refractivity contribution is -0.123. The topological polar surface area (TPSA) is 93.5 Å². The number of benzene rings is 3. The quantitative estimate of drug-likeness (QED) is 0.498. The van der Waals surface area contributed by atoms with E-state index in [4.69, 9.17) is 9.26 Å². The number of carbonyl (C=O) groups is 2. The first-order chi connectivity index (χ1) is 14.6. The average molecular weight is 401 g/mol. The van der Waals surface area contributed by atoms with Crippen LogP contribution in [0.1, 0.15) is 15.9 Å². The van der Waals surface area contributed by atoms with Crippen LogP contribution in [0.3, 0.4) is 0 Å². The lowest BCUT2D eigenvalue weighted by atomic mass is 10.1. The molecule has 0 unspecified atom stereocenters. The molecule has 4 aromatic rings. The molecule has 7 heteroatoms. The Hall–Kier alpha value is -4.13. The number of hydrogen-bond acceptors (Lipinski definition) is 5. The summed E-state index contributed by atoms with van der Waals surface area (Å²) >= 11 is 0. The second kappa shape index (κ2) is 8.48. The second-order valence-electron chi connectivity index (χ2n) is 6.72. The van der Waals surface area contributed by atoms with Gasteiger partial charge in [0.1, 0.15) is 11.3 Å². The van der Waals surface area contributed by atoms with E-state index in [2.05, 4.69) is 16.0 Å². The summed E-state index contributed by atoms with van der Waals surface area (Å²) in [6, 6.07) is 21.9. The largest absolute Gasteiger partial charge is 0.484 e. The van der Waals surface area contributed by atoms with Gasteiger partial charge in [0.15, 0.2) is 12.4 Å². The number of nitrogens with zero attached hydrogens (tertiary/aromatic N) is 1. The number of aromatic nitrogens is 1. The minimum Gasteiger partial charge on any atom is -0.484 e. The van der Waals surface area contributed by atoms with Crippen molar-refractivity contribution in [2.24, 2.45) is 0 Å². The fourth-order valence-corrected chi connectivity index (χ4v) is 2.97. The van der Waals surface area contributed by atoms with Crippen LogP contribution in [0.4, 0.5) is 0 Å². The molecule has 0 bridgehead atoms. The maximum Gasteiger partial charge on any atom is 0.276 e. The molecule has 1 aromatic heterocycles.